The Hall–Kier alpha value is -1.75. The van der Waals surface area contributed by atoms with Gasteiger partial charge in [-0.3, -0.25) is 4.79 Å². The van der Waals surface area contributed by atoms with E-state index in [2.05, 4.69) is 11.9 Å². The van der Waals surface area contributed by atoms with Crippen LogP contribution in [-0.2, 0) is 0 Å². The number of aliphatic hydroxyl groups excluding tert-OH is 1. The predicted molar refractivity (Wildman–Crippen MR) is 68.5 cm³/mol. The molecule has 0 aliphatic heterocycles. The lowest BCUT2D eigenvalue weighted by atomic mass is 10.3. The van der Waals surface area contributed by atoms with E-state index in [0.717, 1.165) is 18.4 Å². The number of rotatable bonds is 6. The van der Waals surface area contributed by atoms with Gasteiger partial charge in [0.2, 0.25) is 0 Å². The molecule has 2 heterocycles. The Balaban J connectivity index is 2.13. The van der Waals surface area contributed by atoms with E-state index in [1.165, 1.54) is 0 Å². The van der Waals surface area contributed by atoms with E-state index >= 15 is 0 Å². The van der Waals surface area contributed by atoms with Crippen LogP contribution in [0, 0.1) is 0 Å². The number of H-pyrrole nitrogens is 1. The average Bonchev–Trinajstić information content (AvgIpc) is 2.94. The molecule has 0 radical (unpaired) electrons. The number of carbonyl (C=O) groups excluding carboxylic acids is 1. The van der Waals surface area contributed by atoms with Crippen LogP contribution in [0.1, 0.15) is 30.3 Å². The Morgan fingerprint density at radius 2 is 2.33 bits per heavy atom. The minimum absolute atomic E-state index is 0.0215. The van der Waals surface area contributed by atoms with Crippen molar-refractivity contribution in [2.45, 2.75) is 19.8 Å². The molecule has 0 aliphatic carbocycles. The van der Waals surface area contributed by atoms with E-state index in [4.69, 9.17) is 9.52 Å². The number of nitrogens with zero attached hydrogens (tertiary/aromatic N) is 1. The van der Waals surface area contributed by atoms with Crippen molar-refractivity contribution in [2.75, 3.05) is 19.7 Å². The highest BCUT2D eigenvalue weighted by Gasteiger charge is 2.17. The Bertz CT molecular complexity index is 487. The maximum absolute atomic E-state index is 12.3. The highest BCUT2D eigenvalue weighted by molar-refractivity contribution is 5.96. The van der Waals surface area contributed by atoms with Crippen molar-refractivity contribution in [1.29, 1.82) is 0 Å². The van der Waals surface area contributed by atoms with Gasteiger partial charge in [-0.15, -0.1) is 0 Å². The molecule has 0 saturated carbocycles. The van der Waals surface area contributed by atoms with Gasteiger partial charge in [0.25, 0.3) is 5.91 Å². The summed E-state index contributed by atoms with van der Waals surface area (Å²) in [4.78, 5) is 16.9. The summed E-state index contributed by atoms with van der Waals surface area (Å²) in [7, 11) is 0. The number of hydrogen-bond donors (Lipinski definition) is 2. The SMILES string of the molecule is CCCCN(CCO)C(=O)c1cc2occc2[nH]1. The van der Waals surface area contributed by atoms with Crippen LogP contribution in [0.3, 0.4) is 0 Å². The highest BCUT2D eigenvalue weighted by Crippen LogP contribution is 2.17. The lowest BCUT2D eigenvalue weighted by molar-refractivity contribution is 0.0714. The van der Waals surface area contributed by atoms with Crippen LogP contribution in [0.2, 0.25) is 0 Å². The number of nitrogens with one attached hydrogen (secondary N) is 1. The van der Waals surface area contributed by atoms with Gasteiger partial charge >= 0.3 is 0 Å². The van der Waals surface area contributed by atoms with Crippen molar-refractivity contribution in [1.82, 2.24) is 9.88 Å². The number of furan rings is 1. The van der Waals surface area contributed by atoms with Gasteiger partial charge < -0.3 is 19.4 Å². The molecule has 0 bridgehead atoms. The fourth-order valence-corrected chi connectivity index (χ4v) is 1.92. The van der Waals surface area contributed by atoms with E-state index in [1.54, 1.807) is 23.3 Å². The largest absolute Gasteiger partial charge is 0.463 e. The van der Waals surface area contributed by atoms with Crippen LogP contribution < -0.4 is 0 Å². The maximum atomic E-state index is 12.3. The van der Waals surface area contributed by atoms with Gasteiger partial charge in [0.1, 0.15) is 5.69 Å². The van der Waals surface area contributed by atoms with Crippen molar-refractivity contribution in [2.24, 2.45) is 0 Å². The van der Waals surface area contributed by atoms with E-state index in [9.17, 15) is 4.79 Å². The summed E-state index contributed by atoms with van der Waals surface area (Å²) in [6.07, 6.45) is 3.53. The first-order valence-electron chi connectivity index (χ1n) is 6.22. The first-order chi connectivity index (χ1) is 8.76. The molecule has 0 saturated heterocycles. The van der Waals surface area contributed by atoms with E-state index in [0.29, 0.717) is 24.4 Å². The maximum Gasteiger partial charge on any atom is 0.270 e. The minimum Gasteiger partial charge on any atom is -0.463 e. The molecule has 5 nitrogen and oxygen atoms in total. The zero-order valence-electron chi connectivity index (χ0n) is 10.5. The molecular weight excluding hydrogens is 232 g/mol. The first kappa shape index (κ1) is 12.7. The Morgan fingerprint density at radius 3 is 3.00 bits per heavy atom. The average molecular weight is 250 g/mol. The van der Waals surface area contributed by atoms with Gasteiger partial charge in [0, 0.05) is 25.2 Å². The highest BCUT2D eigenvalue weighted by atomic mass is 16.3. The second-order valence-corrected chi connectivity index (χ2v) is 4.25. The number of aromatic amines is 1. The number of aliphatic hydroxyl groups is 1. The summed E-state index contributed by atoms with van der Waals surface area (Å²) in [6, 6.07) is 3.49. The second kappa shape index (κ2) is 5.73. The van der Waals surface area contributed by atoms with Crippen molar-refractivity contribution < 1.29 is 14.3 Å². The summed E-state index contributed by atoms with van der Waals surface area (Å²) < 4.78 is 5.22. The van der Waals surface area contributed by atoms with Crippen LogP contribution in [0.25, 0.3) is 11.1 Å². The molecule has 0 spiro atoms. The van der Waals surface area contributed by atoms with Crippen molar-refractivity contribution in [3.05, 3.63) is 24.1 Å². The number of amides is 1. The molecule has 2 aromatic rings. The van der Waals surface area contributed by atoms with Crippen molar-refractivity contribution in [3.63, 3.8) is 0 Å². The number of fused-ring (bicyclic) bond motifs is 1. The molecule has 0 aliphatic rings. The first-order valence-corrected chi connectivity index (χ1v) is 6.22. The van der Waals surface area contributed by atoms with Crippen molar-refractivity contribution in [3.8, 4) is 0 Å². The Kier molecular flexibility index (Phi) is 4.04. The van der Waals surface area contributed by atoms with E-state index < -0.39 is 0 Å². The molecule has 98 valence electrons. The molecule has 1 amide bonds. The third-order valence-corrected chi connectivity index (χ3v) is 2.91. The zero-order chi connectivity index (χ0) is 13.0. The Morgan fingerprint density at radius 1 is 1.50 bits per heavy atom. The lowest BCUT2D eigenvalue weighted by Crippen LogP contribution is -2.34. The molecule has 18 heavy (non-hydrogen) atoms. The summed E-state index contributed by atoms with van der Waals surface area (Å²) >= 11 is 0. The normalized spacial score (nSPS) is 11.0. The number of hydrogen-bond acceptors (Lipinski definition) is 3. The van der Waals surface area contributed by atoms with Crippen LogP contribution in [0.4, 0.5) is 0 Å². The van der Waals surface area contributed by atoms with E-state index in [-0.39, 0.29) is 12.5 Å². The molecule has 5 heteroatoms. The molecule has 2 N–H and O–H groups in total. The number of unbranched alkanes of at least 4 members (excludes halogenated alkanes) is 1. The molecule has 0 unspecified atom stereocenters. The van der Waals surface area contributed by atoms with Gasteiger partial charge in [-0.2, -0.15) is 0 Å². The lowest BCUT2D eigenvalue weighted by Gasteiger charge is -2.20. The Labute approximate surface area is 105 Å². The molecule has 2 rings (SSSR count). The van der Waals surface area contributed by atoms with Crippen LogP contribution in [0.15, 0.2) is 22.8 Å². The zero-order valence-corrected chi connectivity index (χ0v) is 10.5. The second-order valence-electron chi connectivity index (χ2n) is 4.25. The summed E-state index contributed by atoms with van der Waals surface area (Å²) in [5, 5.41) is 9.01. The third kappa shape index (κ3) is 2.56. The molecular formula is C13H18N2O3. The molecule has 2 aromatic heterocycles. The van der Waals surface area contributed by atoms with Gasteiger partial charge in [0.15, 0.2) is 5.58 Å². The van der Waals surface area contributed by atoms with Gasteiger partial charge in [-0.1, -0.05) is 13.3 Å². The van der Waals surface area contributed by atoms with E-state index in [1.807, 2.05) is 0 Å². The fraction of sp³-hybridized carbons (Fsp3) is 0.462. The van der Waals surface area contributed by atoms with Crippen molar-refractivity contribution >= 4 is 17.0 Å². The summed E-state index contributed by atoms with van der Waals surface area (Å²) in [6.45, 7) is 3.07. The summed E-state index contributed by atoms with van der Waals surface area (Å²) in [5.41, 5.74) is 2.00. The van der Waals surface area contributed by atoms with Crippen LogP contribution in [-0.4, -0.2) is 40.6 Å². The number of aromatic nitrogens is 1. The van der Waals surface area contributed by atoms with Crippen LogP contribution in [0.5, 0.6) is 0 Å². The summed E-state index contributed by atoms with van der Waals surface area (Å²) in [5.74, 6) is -0.0936. The van der Waals surface area contributed by atoms with Gasteiger partial charge in [0.05, 0.1) is 18.4 Å². The predicted octanol–water partition coefficient (Wildman–Crippen LogP) is 2.00. The molecule has 0 aromatic carbocycles. The smallest absolute Gasteiger partial charge is 0.270 e. The topological polar surface area (TPSA) is 69.5 Å². The fourth-order valence-electron chi connectivity index (χ4n) is 1.92. The minimum atomic E-state index is -0.0936. The van der Waals surface area contributed by atoms with Gasteiger partial charge in [-0.05, 0) is 6.42 Å². The van der Waals surface area contributed by atoms with Crippen LogP contribution >= 0.6 is 0 Å². The third-order valence-electron chi connectivity index (χ3n) is 2.91. The molecule has 0 fully saturated rings. The quantitative estimate of drug-likeness (QED) is 0.823. The van der Waals surface area contributed by atoms with Gasteiger partial charge in [-0.25, -0.2) is 0 Å². The monoisotopic (exact) mass is 250 g/mol. The standard InChI is InChI=1S/C13H18N2O3/c1-2-3-5-15(6-7-16)13(17)11-9-12-10(14-11)4-8-18-12/h4,8-9,14,16H,2-3,5-7H2,1H3. The number of carbonyl (C=O) groups is 1. The molecule has 0 atom stereocenters.